The van der Waals surface area contributed by atoms with E-state index in [9.17, 15) is 0 Å². The molecule has 2 aliphatic rings. The second kappa shape index (κ2) is 4.63. The molecule has 2 saturated carbocycles. The molecule has 82 valence electrons. The van der Waals surface area contributed by atoms with Crippen LogP contribution in [0.3, 0.4) is 0 Å². The monoisotopic (exact) mass is 196 g/mol. The molecule has 2 aliphatic carbocycles. The summed E-state index contributed by atoms with van der Waals surface area (Å²) in [6, 6.07) is 1.40. The molecule has 2 N–H and O–H groups in total. The number of nitrogens with zero attached hydrogens (tertiary/aromatic N) is 1. The van der Waals surface area contributed by atoms with Gasteiger partial charge in [-0.05, 0) is 51.6 Å². The maximum atomic E-state index is 6.07. The molecule has 2 nitrogen and oxygen atoms in total. The van der Waals surface area contributed by atoms with E-state index in [0.29, 0.717) is 6.04 Å². The van der Waals surface area contributed by atoms with Crippen LogP contribution in [0.5, 0.6) is 0 Å². The van der Waals surface area contributed by atoms with Crippen LogP contribution in [0.1, 0.15) is 44.9 Å². The number of nitrogens with two attached hydrogens (primary N) is 1. The van der Waals surface area contributed by atoms with Crippen molar-refractivity contribution in [2.45, 2.75) is 57.0 Å². The maximum absolute atomic E-state index is 6.07. The average Bonchev–Trinajstić information content (AvgIpc) is 2.44. The van der Waals surface area contributed by atoms with Crippen LogP contribution in [0.2, 0.25) is 0 Å². The van der Waals surface area contributed by atoms with Crippen LogP contribution < -0.4 is 5.73 Å². The fourth-order valence-corrected chi connectivity index (χ4v) is 2.80. The highest BCUT2D eigenvalue weighted by molar-refractivity contribution is 4.83. The molecule has 0 radical (unpaired) electrons. The van der Waals surface area contributed by atoms with Gasteiger partial charge in [0.2, 0.25) is 0 Å². The molecule has 0 aromatic carbocycles. The van der Waals surface area contributed by atoms with Gasteiger partial charge < -0.3 is 10.6 Å². The lowest BCUT2D eigenvalue weighted by atomic mass is 9.91. The second-order valence-electron chi connectivity index (χ2n) is 5.21. The first-order chi connectivity index (χ1) is 6.77. The Kier molecular flexibility index (Phi) is 3.45. The molecule has 2 atom stereocenters. The molecular weight excluding hydrogens is 172 g/mol. The second-order valence-corrected chi connectivity index (χ2v) is 5.21. The zero-order chi connectivity index (χ0) is 9.97. The molecule has 0 aliphatic heterocycles. The van der Waals surface area contributed by atoms with Gasteiger partial charge in [0, 0.05) is 12.1 Å². The fourth-order valence-electron chi connectivity index (χ4n) is 2.80. The molecule has 2 fully saturated rings. The van der Waals surface area contributed by atoms with E-state index in [1.54, 1.807) is 0 Å². The smallest absolute Gasteiger partial charge is 0.00922 e. The summed E-state index contributed by atoms with van der Waals surface area (Å²) in [5.74, 6) is 0.817. The van der Waals surface area contributed by atoms with Gasteiger partial charge in [0.25, 0.3) is 0 Å². The lowest BCUT2D eigenvalue weighted by Gasteiger charge is -2.35. The Hall–Kier alpha value is -0.0800. The van der Waals surface area contributed by atoms with Gasteiger partial charge in [-0.2, -0.15) is 0 Å². The maximum Gasteiger partial charge on any atom is 0.00922 e. The average molecular weight is 196 g/mol. The highest BCUT2D eigenvalue weighted by Gasteiger charge is 2.26. The van der Waals surface area contributed by atoms with E-state index < -0.39 is 0 Å². The van der Waals surface area contributed by atoms with Crippen LogP contribution >= 0.6 is 0 Å². The lowest BCUT2D eigenvalue weighted by Crippen LogP contribution is -2.39. The van der Waals surface area contributed by atoms with E-state index >= 15 is 0 Å². The third-order valence-corrected chi connectivity index (χ3v) is 4.27. The van der Waals surface area contributed by atoms with Crippen molar-refractivity contribution in [3.63, 3.8) is 0 Å². The van der Waals surface area contributed by atoms with Gasteiger partial charge in [-0.15, -0.1) is 0 Å². The van der Waals surface area contributed by atoms with E-state index in [4.69, 9.17) is 5.73 Å². The van der Waals surface area contributed by atoms with Crippen molar-refractivity contribution in [1.82, 2.24) is 4.90 Å². The molecule has 0 heterocycles. The molecule has 0 amide bonds. The zero-order valence-electron chi connectivity index (χ0n) is 9.41. The summed E-state index contributed by atoms with van der Waals surface area (Å²) in [5, 5.41) is 0. The topological polar surface area (TPSA) is 29.3 Å². The predicted octanol–water partition coefficient (Wildman–Crippen LogP) is 1.99. The van der Waals surface area contributed by atoms with Crippen molar-refractivity contribution < 1.29 is 0 Å². The summed E-state index contributed by atoms with van der Waals surface area (Å²) in [6.07, 6.45) is 9.61. The minimum Gasteiger partial charge on any atom is -0.327 e. The summed E-state index contributed by atoms with van der Waals surface area (Å²) in [6.45, 7) is 1.27. The number of rotatable bonds is 4. The Morgan fingerprint density at radius 3 is 2.36 bits per heavy atom. The van der Waals surface area contributed by atoms with Crippen LogP contribution in [0, 0.1) is 5.92 Å². The summed E-state index contributed by atoms with van der Waals surface area (Å²) in [5.41, 5.74) is 6.07. The molecule has 0 spiro atoms. The Bertz CT molecular complexity index is 177. The first-order valence-corrected chi connectivity index (χ1v) is 6.23. The molecule has 2 rings (SSSR count). The Balaban J connectivity index is 1.65. The Labute approximate surface area is 87.8 Å². The third-order valence-electron chi connectivity index (χ3n) is 4.27. The van der Waals surface area contributed by atoms with Crippen molar-refractivity contribution in [2.75, 3.05) is 13.6 Å². The predicted molar refractivity (Wildman–Crippen MR) is 60.2 cm³/mol. The standard InChI is InChI=1S/C12H24N2/c1-14(11-5-3-6-11)9-8-10-4-2-7-12(10)13/h10-12H,2-9,13H2,1H3. The number of hydrogen-bond acceptors (Lipinski definition) is 2. The lowest BCUT2D eigenvalue weighted by molar-refractivity contribution is 0.149. The molecule has 2 unspecified atom stereocenters. The Morgan fingerprint density at radius 1 is 1.14 bits per heavy atom. The Morgan fingerprint density at radius 2 is 1.86 bits per heavy atom. The molecule has 0 aromatic rings. The van der Waals surface area contributed by atoms with Gasteiger partial charge in [-0.1, -0.05) is 12.8 Å². The van der Waals surface area contributed by atoms with Gasteiger partial charge in [0.05, 0.1) is 0 Å². The van der Waals surface area contributed by atoms with Crippen LogP contribution in [0.4, 0.5) is 0 Å². The van der Waals surface area contributed by atoms with E-state index in [1.165, 1.54) is 51.5 Å². The van der Waals surface area contributed by atoms with Crippen molar-refractivity contribution in [1.29, 1.82) is 0 Å². The zero-order valence-corrected chi connectivity index (χ0v) is 9.41. The van der Waals surface area contributed by atoms with Crippen LogP contribution in [-0.2, 0) is 0 Å². The summed E-state index contributed by atoms with van der Waals surface area (Å²) < 4.78 is 0. The fraction of sp³-hybridized carbons (Fsp3) is 1.00. The SMILES string of the molecule is CN(CCC1CCCC1N)C1CCC1. The highest BCUT2D eigenvalue weighted by atomic mass is 15.1. The third kappa shape index (κ3) is 2.29. The minimum absolute atomic E-state index is 0.504. The van der Waals surface area contributed by atoms with E-state index in [0.717, 1.165) is 12.0 Å². The van der Waals surface area contributed by atoms with E-state index in [-0.39, 0.29) is 0 Å². The molecule has 0 aromatic heterocycles. The molecule has 0 saturated heterocycles. The van der Waals surface area contributed by atoms with Crippen LogP contribution in [0.15, 0.2) is 0 Å². The van der Waals surface area contributed by atoms with Crippen molar-refractivity contribution in [3.05, 3.63) is 0 Å². The largest absolute Gasteiger partial charge is 0.327 e. The summed E-state index contributed by atoms with van der Waals surface area (Å²) >= 11 is 0. The van der Waals surface area contributed by atoms with Gasteiger partial charge in [-0.3, -0.25) is 0 Å². The quantitative estimate of drug-likeness (QED) is 0.745. The molecule has 14 heavy (non-hydrogen) atoms. The number of hydrogen-bond donors (Lipinski definition) is 1. The first-order valence-electron chi connectivity index (χ1n) is 6.23. The van der Waals surface area contributed by atoms with Crippen molar-refractivity contribution >= 4 is 0 Å². The molecule has 2 heteroatoms. The van der Waals surface area contributed by atoms with Gasteiger partial charge in [0.15, 0.2) is 0 Å². The highest BCUT2D eigenvalue weighted by Crippen LogP contribution is 2.28. The van der Waals surface area contributed by atoms with Crippen molar-refractivity contribution in [3.8, 4) is 0 Å². The van der Waals surface area contributed by atoms with Gasteiger partial charge in [-0.25, -0.2) is 0 Å². The van der Waals surface area contributed by atoms with E-state index in [2.05, 4.69) is 11.9 Å². The van der Waals surface area contributed by atoms with Crippen LogP contribution in [0.25, 0.3) is 0 Å². The molecule has 0 bridgehead atoms. The first kappa shape index (κ1) is 10.4. The van der Waals surface area contributed by atoms with Crippen molar-refractivity contribution in [2.24, 2.45) is 11.7 Å². The summed E-state index contributed by atoms with van der Waals surface area (Å²) in [7, 11) is 2.28. The summed E-state index contributed by atoms with van der Waals surface area (Å²) in [4.78, 5) is 2.55. The van der Waals surface area contributed by atoms with Gasteiger partial charge in [0.1, 0.15) is 0 Å². The van der Waals surface area contributed by atoms with E-state index in [1.807, 2.05) is 0 Å². The molecular formula is C12H24N2. The van der Waals surface area contributed by atoms with Crippen LogP contribution in [-0.4, -0.2) is 30.6 Å². The van der Waals surface area contributed by atoms with Gasteiger partial charge >= 0.3 is 0 Å². The minimum atomic E-state index is 0.504. The normalized spacial score (nSPS) is 33.6.